The monoisotopic (exact) mass is 167 g/mol. The minimum atomic E-state index is 0.881. The summed E-state index contributed by atoms with van der Waals surface area (Å²) in [6, 6.07) is 1.77. The molecule has 0 amide bonds. The molecule has 0 aromatic carbocycles. The van der Waals surface area contributed by atoms with Crippen LogP contribution in [-0.2, 0) is 0 Å². The van der Waals surface area contributed by atoms with E-state index in [0.29, 0.717) is 0 Å². The lowest BCUT2D eigenvalue weighted by atomic mass is 9.85. The molecule has 1 unspecified atom stereocenters. The van der Waals surface area contributed by atoms with E-state index in [-0.39, 0.29) is 0 Å². The van der Waals surface area contributed by atoms with Crippen molar-refractivity contribution in [3.05, 3.63) is 0 Å². The van der Waals surface area contributed by atoms with Crippen molar-refractivity contribution in [3.8, 4) is 0 Å². The zero-order chi connectivity index (χ0) is 8.55. The molecule has 0 spiro atoms. The largest absolute Gasteiger partial charge is 0.311 e. The van der Waals surface area contributed by atoms with Crippen LogP contribution in [0.3, 0.4) is 0 Å². The van der Waals surface area contributed by atoms with Crippen molar-refractivity contribution in [1.29, 1.82) is 0 Å². The summed E-state index contributed by atoms with van der Waals surface area (Å²) < 4.78 is 0. The molecule has 1 heteroatoms. The maximum Gasteiger partial charge on any atom is 0.00986 e. The first-order valence-electron chi connectivity index (χ1n) is 5.51. The Morgan fingerprint density at radius 3 is 2.67 bits per heavy atom. The topological polar surface area (TPSA) is 12.0 Å². The van der Waals surface area contributed by atoms with Crippen molar-refractivity contribution < 1.29 is 0 Å². The van der Waals surface area contributed by atoms with Gasteiger partial charge in [0.1, 0.15) is 0 Å². The Morgan fingerprint density at radius 1 is 1.17 bits per heavy atom. The predicted octanol–water partition coefficient (Wildman–Crippen LogP) is 2.56. The third kappa shape index (κ3) is 1.66. The van der Waals surface area contributed by atoms with Gasteiger partial charge >= 0.3 is 0 Å². The van der Waals surface area contributed by atoms with Gasteiger partial charge in [-0.1, -0.05) is 13.8 Å². The average Bonchev–Trinajstić information content (AvgIpc) is 2.39. The number of nitrogens with one attached hydrogen (secondary N) is 1. The molecule has 3 atom stereocenters. The molecule has 2 aliphatic heterocycles. The van der Waals surface area contributed by atoms with Gasteiger partial charge in [-0.05, 0) is 43.9 Å². The third-order valence-corrected chi connectivity index (χ3v) is 3.51. The molecule has 0 radical (unpaired) electrons. The van der Waals surface area contributed by atoms with Crippen LogP contribution in [0.2, 0.25) is 0 Å². The van der Waals surface area contributed by atoms with Crippen LogP contribution in [0.25, 0.3) is 0 Å². The van der Waals surface area contributed by atoms with Gasteiger partial charge in [0.2, 0.25) is 0 Å². The van der Waals surface area contributed by atoms with Gasteiger partial charge in [0.05, 0.1) is 0 Å². The lowest BCUT2D eigenvalue weighted by Crippen LogP contribution is -2.40. The van der Waals surface area contributed by atoms with Crippen LogP contribution < -0.4 is 5.32 Å². The van der Waals surface area contributed by atoms with E-state index in [1.54, 1.807) is 0 Å². The fourth-order valence-electron chi connectivity index (χ4n) is 2.95. The zero-order valence-corrected chi connectivity index (χ0v) is 8.34. The fraction of sp³-hybridized carbons (Fsp3) is 1.00. The standard InChI is InChI=1S/C11H21N/c1-8(2)7-9-3-4-10-5-6-11(9)12-10/h8-12H,3-7H2,1-2H3/t9?,10-,11-/m1/s1. The van der Waals surface area contributed by atoms with E-state index in [1.807, 2.05) is 0 Å². The molecule has 1 nitrogen and oxygen atoms in total. The van der Waals surface area contributed by atoms with Crippen LogP contribution >= 0.6 is 0 Å². The van der Waals surface area contributed by atoms with Crippen molar-refractivity contribution in [2.45, 2.75) is 58.0 Å². The van der Waals surface area contributed by atoms with Crippen LogP contribution in [0.1, 0.15) is 46.0 Å². The predicted molar refractivity (Wildman–Crippen MR) is 52.1 cm³/mol. The van der Waals surface area contributed by atoms with E-state index in [1.165, 1.54) is 32.1 Å². The molecule has 0 aromatic heterocycles. The molecule has 2 saturated heterocycles. The highest BCUT2D eigenvalue weighted by molar-refractivity contribution is 4.93. The molecule has 1 N–H and O–H groups in total. The van der Waals surface area contributed by atoms with Gasteiger partial charge in [0, 0.05) is 12.1 Å². The second-order valence-electron chi connectivity index (χ2n) is 5.01. The minimum absolute atomic E-state index is 0.881. The van der Waals surface area contributed by atoms with Crippen molar-refractivity contribution in [2.24, 2.45) is 11.8 Å². The van der Waals surface area contributed by atoms with E-state index < -0.39 is 0 Å². The summed E-state index contributed by atoms with van der Waals surface area (Å²) in [6.07, 6.45) is 7.25. The Bertz CT molecular complexity index is 153. The lowest BCUT2D eigenvalue weighted by Gasteiger charge is -2.31. The summed E-state index contributed by atoms with van der Waals surface area (Å²) in [5.41, 5.74) is 0. The summed E-state index contributed by atoms with van der Waals surface area (Å²) in [5, 5.41) is 3.75. The lowest BCUT2D eigenvalue weighted by molar-refractivity contribution is 0.252. The Kier molecular flexibility index (Phi) is 2.40. The van der Waals surface area contributed by atoms with Gasteiger partial charge in [-0.3, -0.25) is 0 Å². The minimum Gasteiger partial charge on any atom is -0.311 e. The van der Waals surface area contributed by atoms with Crippen molar-refractivity contribution >= 4 is 0 Å². The fourth-order valence-corrected chi connectivity index (χ4v) is 2.95. The van der Waals surface area contributed by atoms with E-state index >= 15 is 0 Å². The van der Waals surface area contributed by atoms with Crippen molar-refractivity contribution in [1.82, 2.24) is 5.32 Å². The van der Waals surface area contributed by atoms with Gasteiger partial charge in [0.15, 0.2) is 0 Å². The number of piperidine rings is 1. The van der Waals surface area contributed by atoms with Crippen LogP contribution in [0.15, 0.2) is 0 Å². The third-order valence-electron chi connectivity index (χ3n) is 3.51. The molecular weight excluding hydrogens is 146 g/mol. The second kappa shape index (κ2) is 3.37. The molecule has 2 heterocycles. The van der Waals surface area contributed by atoms with Crippen molar-refractivity contribution in [3.63, 3.8) is 0 Å². The summed E-state index contributed by atoms with van der Waals surface area (Å²) in [6.45, 7) is 4.70. The molecule has 0 aliphatic carbocycles. The van der Waals surface area contributed by atoms with Crippen LogP contribution in [0.4, 0.5) is 0 Å². The summed E-state index contributed by atoms with van der Waals surface area (Å²) >= 11 is 0. The van der Waals surface area contributed by atoms with Crippen LogP contribution in [0.5, 0.6) is 0 Å². The molecule has 0 aromatic rings. The van der Waals surface area contributed by atoms with Crippen molar-refractivity contribution in [2.75, 3.05) is 0 Å². The molecule has 2 bridgehead atoms. The number of hydrogen-bond acceptors (Lipinski definition) is 1. The second-order valence-corrected chi connectivity index (χ2v) is 5.01. The van der Waals surface area contributed by atoms with Gasteiger partial charge in [-0.2, -0.15) is 0 Å². The Morgan fingerprint density at radius 2 is 1.92 bits per heavy atom. The Labute approximate surface area is 75.9 Å². The molecule has 2 fully saturated rings. The van der Waals surface area contributed by atoms with Gasteiger partial charge < -0.3 is 5.32 Å². The molecule has 2 rings (SSSR count). The summed E-state index contributed by atoms with van der Waals surface area (Å²) in [7, 11) is 0. The Hall–Kier alpha value is -0.0400. The summed E-state index contributed by atoms with van der Waals surface area (Å²) in [5.74, 6) is 1.87. The molecule has 2 aliphatic rings. The first-order chi connectivity index (χ1) is 5.75. The number of rotatable bonds is 2. The SMILES string of the molecule is CC(C)CC1CC[C@@H]2CC[C@H]1N2. The highest BCUT2D eigenvalue weighted by Gasteiger charge is 2.34. The molecule has 0 saturated carbocycles. The number of fused-ring (bicyclic) bond motifs is 2. The zero-order valence-electron chi connectivity index (χ0n) is 8.34. The number of hydrogen-bond donors (Lipinski definition) is 1. The normalized spacial score (nSPS) is 40.8. The van der Waals surface area contributed by atoms with Gasteiger partial charge in [-0.25, -0.2) is 0 Å². The van der Waals surface area contributed by atoms with Gasteiger partial charge in [0.25, 0.3) is 0 Å². The van der Waals surface area contributed by atoms with Crippen LogP contribution in [-0.4, -0.2) is 12.1 Å². The highest BCUT2D eigenvalue weighted by atomic mass is 15.0. The van der Waals surface area contributed by atoms with E-state index in [4.69, 9.17) is 0 Å². The van der Waals surface area contributed by atoms with Gasteiger partial charge in [-0.15, -0.1) is 0 Å². The maximum atomic E-state index is 3.75. The quantitative estimate of drug-likeness (QED) is 0.666. The summed E-state index contributed by atoms with van der Waals surface area (Å²) in [4.78, 5) is 0. The maximum absolute atomic E-state index is 3.75. The molecule has 70 valence electrons. The molecular formula is C11H21N. The first kappa shape index (κ1) is 8.55. The Balaban J connectivity index is 1.89. The van der Waals surface area contributed by atoms with Crippen LogP contribution in [0, 0.1) is 11.8 Å². The van der Waals surface area contributed by atoms with E-state index in [0.717, 1.165) is 23.9 Å². The van der Waals surface area contributed by atoms with E-state index in [9.17, 15) is 0 Å². The highest BCUT2D eigenvalue weighted by Crippen LogP contribution is 2.34. The van der Waals surface area contributed by atoms with E-state index in [2.05, 4.69) is 19.2 Å². The molecule has 12 heavy (non-hydrogen) atoms. The average molecular weight is 167 g/mol. The first-order valence-corrected chi connectivity index (χ1v) is 5.51. The smallest absolute Gasteiger partial charge is 0.00986 e.